The normalized spacial score (nSPS) is 11.7. The summed E-state index contributed by atoms with van der Waals surface area (Å²) in [6.07, 6.45) is 0. The Morgan fingerprint density at radius 3 is 2.59 bits per heavy atom. The fraction of sp³-hybridized carbons (Fsp3) is 0.200. The predicted molar refractivity (Wildman–Crippen MR) is 105 cm³/mol. The molecule has 0 aliphatic heterocycles. The highest BCUT2D eigenvalue weighted by molar-refractivity contribution is 7.17. The van der Waals surface area contributed by atoms with Gasteiger partial charge >= 0.3 is 0 Å². The largest absolute Gasteiger partial charge is 0.496 e. The van der Waals surface area contributed by atoms with Crippen LogP contribution in [-0.2, 0) is 0 Å². The summed E-state index contributed by atoms with van der Waals surface area (Å²) in [6.45, 7) is 3.69. The fourth-order valence-corrected chi connectivity index (χ4v) is 3.57. The average Bonchev–Trinajstić information content (AvgIpc) is 3.03. The first-order valence-corrected chi connectivity index (χ1v) is 9.23. The Labute approximate surface area is 161 Å². The van der Waals surface area contributed by atoms with E-state index in [4.69, 9.17) is 4.74 Å². The van der Waals surface area contributed by atoms with Gasteiger partial charge < -0.3 is 15.4 Å². The lowest BCUT2D eigenvalue weighted by molar-refractivity contribution is 0.0943. The number of halogens is 1. The van der Waals surface area contributed by atoms with Crippen molar-refractivity contribution < 1.29 is 13.9 Å². The fourth-order valence-electron chi connectivity index (χ4n) is 2.68. The molecule has 1 amide bonds. The van der Waals surface area contributed by atoms with Gasteiger partial charge in [0.1, 0.15) is 16.4 Å². The molecule has 0 fully saturated rings. The van der Waals surface area contributed by atoms with E-state index in [0.717, 1.165) is 11.3 Å². The topological polar surface area (TPSA) is 63.2 Å². The number of hydrogen-bond acceptors (Lipinski definition) is 5. The van der Waals surface area contributed by atoms with Gasteiger partial charge in [-0.1, -0.05) is 29.5 Å². The first-order valence-electron chi connectivity index (χ1n) is 8.41. The molecule has 1 atom stereocenters. The number of para-hydroxylation sites is 1. The summed E-state index contributed by atoms with van der Waals surface area (Å²) < 4.78 is 18.4. The summed E-state index contributed by atoms with van der Waals surface area (Å²) in [4.78, 5) is 17.6. The zero-order valence-corrected chi connectivity index (χ0v) is 16.1. The van der Waals surface area contributed by atoms with Gasteiger partial charge in [-0.25, -0.2) is 9.37 Å². The molecule has 0 spiro atoms. The number of nitrogens with one attached hydrogen (secondary N) is 2. The first-order chi connectivity index (χ1) is 13.0. The summed E-state index contributed by atoms with van der Waals surface area (Å²) >= 11 is 1.25. The number of anilines is 2. The second-order valence-corrected chi connectivity index (χ2v) is 7.00. The van der Waals surface area contributed by atoms with Crippen LogP contribution in [0.2, 0.25) is 0 Å². The van der Waals surface area contributed by atoms with Crippen LogP contribution in [0, 0.1) is 12.7 Å². The molecule has 0 aliphatic carbocycles. The Hall–Kier alpha value is -2.93. The molecule has 0 saturated heterocycles. The van der Waals surface area contributed by atoms with Crippen molar-refractivity contribution in [3.05, 3.63) is 70.5 Å². The lowest BCUT2D eigenvalue weighted by Gasteiger charge is -2.16. The number of nitrogens with zero attached hydrogens (tertiary/aromatic N) is 1. The van der Waals surface area contributed by atoms with E-state index in [9.17, 15) is 9.18 Å². The molecule has 5 nitrogen and oxygen atoms in total. The smallest absolute Gasteiger partial charge is 0.263 e. The summed E-state index contributed by atoms with van der Waals surface area (Å²) in [7, 11) is 1.61. The van der Waals surface area contributed by atoms with Crippen molar-refractivity contribution in [1.82, 2.24) is 10.3 Å². The van der Waals surface area contributed by atoms with Gasteiger partial charge in [-0.3, -0.25) is 4.79 Å². The van der Waals surface area contributed by atoms with Gasteiger partial charge in [0.25, 0.3) is 5.91 Å². The maximum atomic E-state index is 13.0. The number of aryl methyl sites for hydroxylation is 1. The zero-order valence-electron chi connectivity index (χ0n) is 15.2. The number of hydrogen-bond donors (Lipinski definition) is 2. The SMILES string of the molecule is COc1ccccc1[C@@H](C)NC(=O)c1sc(Nc2ccc(F)cc2)nc1C. The molecule has 2 N–H and O–H groups in total. The van der Waals surface area contributed by atoms with E-state index in [1.165, 1.54) is 23.5 Å². The van der Waals surface area contributed by atoms with Crippen molar-refractivity contribution in [3.63, 3.8) is 0 Å². The lowest BCUT2D eigenvalue weighted by Crippen LogP contribution is -2.26. The van der Waals surface area contributed by atoms with E-state index in [0.29, 0.717) is 21.4 Å². The minimum Gasteiger partial charge on any atom is -0.496 e. The average molecular weight is 385 g/mol. The van der Waals surface area contributed by atoms with E-state index >= 15 is 0 Å². The number of ether oxygens (including phenoxy) is 1. The van der Waals surface area contributed by atoms with E-state index < -0.39 is 0 Å². The minimum atomic E-state index is -0.304. The molecule has 7 heteroatoms. The van der Waals surface area contributed by atoms with Crippen LogP contribution in [0.5, 0.6) is 5.75 Å². The number of aromatic nitrogens is 1. The Balaban J connectivity index is 1.73. The van der Waals surface area contributed by atoms with E-state index in [1.807, 2.05) is 31.2 Å². The van der Waals surface area contributed by atoms with Crippen LogP contribution >= 0.6 is 11.3 Å². The third-order valence-electron chi connectivity index (χ3n) is 4.05. The molecule has 140 valence electrons. The summed E-state index contributed by atoms with van der Waals surface area (Å²) in [5.41, 5.74) is 2.24. The Kier molecular flexibility index (Phi) is 5.71. The van der Waals surface area contributed by atoms with Gasteiger partial charge in [0.15, 0.2) is 5.13 Å². The second kappa shape index (κ2) is 8.18. The highest BCUT2D eigenvalue weighted by Crippen LogP contribution is 2.28. The Morgan fingerprint density at radius 2 is 1.89 bits per heavy atom. The monoisotopic (exact) mass is 385 g/mol. The molecule has 27 heavy (non-hydrogen) atoms. The molecule has 1 aromatic heterocycles. The Bertz CT molecular complexity index is 941. The second-order valence-electron chi connectivity index (χ2n) is 6.00. The third-order valence-corrected chi connectivity index (χ3v) is 5.12. The number of amides is 1. The van der Waals surface area contributed by atoms with Crippen LogP contribution in [0.3, 0.4) is 0 Å². The predicted octanol–water partition coefficient (Wildman–Crippen LogP) is 4.83. The van der Waals surface area contributed by atoms with Gasteiger partial charge in [0.2, 0.25) is 0 Å². The molecule has 3 aromatic rings. The van der Waals surface area contributed by atoms with E-state index in [1.54, 1.807) is 26.2 Å². The zero-order chi connectivity index (χ0) is 19.4. The standard InChI is InChI=1S/C20H20FN3O2S/c1-12(16-6-4-5-7-17(16)26-3)22-19(25)18-13(2)23-20(27-18)24-15-10-8-14(21)9-11-15/h4-12H,1-3H3,(H,22,25)(H,23,24)/t12-/m1/s1. The molecule has 3 rings (SSSR count). The van der Waals surface area contributed by atoms with Crippen LogP contribution in [0.1, 0.15) is 33.9 Å². The van der Waals surface area contributed by atoms with Crippen molar-refractivity contribution >= 4 is 28.1 Å². The molecule has 0 saturated carbocycles. The summed E-state index contributed by atoms with van der Waals surface area (Å²) in [5.74, 6) is 0.224. The van der Waals surface area contributed by atoms with Gasteiger partial charge in [-0.15, -0.1) is 0 Å². The number of carbonyl (C=O) groups is 1. The molecule has 0 bridgehead atoms. The van der Waals surface area contributed by atoms with Crippen molar-refractivity contribution in [2.75, 3.05) is 12.4 Å². The highest BCUT2D eigenvalue weighted by Gasteiger charge is 2.19. The van der Waals surface area contributed by atoms with Crippen LogP contribution in [-0.4, -0.2) is 18.0 Å². The molecule has 1 heterocycles. The maximum absolute atomic E-state index is 13.0. The van der Waals surface area contributed by atoms with Crippen LogP contribution in [0.25, 0.3) is 0 Å². The molecule has 0 radical (unpaired) electrons. The Morgan fingerprint density at radius 1 is 1.19 bits per heavy atom. The van der Waals surface area contributed by atoms with Crippen LogP contribution < -0.4 is 15.4 Å². The van der Waals surface area contributed by atoms with Crippen molar-refractivity contribution in [1.29, 1.82) is 0 Å². The van der Waals surface area contributed by atoms with Crippen LogP contribution in [0.15, 0.2) is 48.5 Å². The number of rotatable bonds is 6. The van der Waals surface area contributed by atoms with Gasteiger partial charge in [-0.2, -0.15) is 0 Å². The molecule has 0 aliphatic rings. The van der Waals surface area contributed by atoms with E-state index in [-0.39, 0.29) is 17.8 Å². The molecule has 0 unspecified atom stereocenters. The highest BCUT2D eigenvalue weighted by atomic mass is 32.1. The quantitative estimate of drug-likeness (QED) is 0.638. The molecule has 2 aromatic carbocycles. The third kappa shape index (κ3) is 4.43. The van der Waals surface area contributed by atoms with Crippen LogP contribution in [0.4, 0.5) is 15.2 Å². The maximum Gasteiger partial charge on any atom is 0.263 e. The van der Waals surface area contributed by atoms with Crippen molar-refractivity contribution in [2.24, 2.45) is 0 Å². The van der Waals surface area contributed by atoms with Gasteiger partial charge in [-0.05, 0) is 44.2 Å². The lowest BCUT2D eigenvalue weighted by atomic mass is 10.1. The van der Waals surface area contributed by atoms with Gasteiger partial charge in [0, 0.05) is 11.3 Å². The molecular weight excluding hydrogens is 365 g/mol. The summed E-state index contributed by atoms with van der Waals surface area (Å²) in [6, 6.07) is 13.3. The van der Waals surface area contributed by atoms with Crippen molar-refractivity contribution in [2.45, 2.75) is 19.9 Å². The number of benzene rings is 2. The number of methoxy groups -OCH3 is 1. The van der Waals surface area contributed by atoms with Crippen molar-refractivity contribution in [3.8, 4) is 5.75 Å². The molecular formula is C20H20FN3O2S. The van der Waals surface area contributed by atoms with E-state index in [2.05, 4.69) is 15.6 Å². The summed E-state index contributed by atoms with van der Waals surface area (Å²) in [5, 5.41) is 6.66. The number of thiazole rings is 1. The van der Waals surface area contributed by atoms with Gasteiger partial charge in [0.05, 0.1) is 18.8 Å². The first kappa shape index (κ1) is 18.8. The number of carbonyl (C=O) groups excluding carboxylic acids is 1. The minimum absolute atomic E-state index is 0.199.